The highest BCUT2D eigenvalue weighted by atomic mass is 32.2. The third kappa shape index (κ3) is 4.80. The van der Waals surface area contributed by atoms with Gasteiger partial charge in [0.2, 0.25) is 5.91 Å². The Hall–Kier alpha value is -1.40. The molecule has 2 rings (SSSR count). The highest BCUT2D eigenvalue weighted by Crippen LogP contribution is 2.30. The number of hydrogen-bond acceptors (Lipinski definition) is 4. The maximum absolute atomic E-state index is 12.4. The minimum absolute atomic E-state index is 0.140. The van der Waals surface area contributed by atoms with Crippen LogP contribution in [0.4, 0.5) is 0 Å². The van der Waals surface area contributed by atoms with Gasteiger partial charge >= 0.3 is 0 Å². The fraction of sp³-hybridized carbons (Fsp3) is 0.611. The zero-order valence-corrected chi connectivity index (χ0v) is 15.7. The number of carbonyl (C=O) groups excluding carboxylic acids is 1. The zero-order valence-electron chi connectivity index (χ0n) is 14.8. The molecule has 0 bridgehead atoms. The number of hydrogen-bond donors (Lipinski definition) is 1. The molecule has 134 valence electrons. The molecule has 1 aliphatic heterocycles. The number of carbonyl (C=O) groups is 1. The van der Waals surface area contributed by atoms with Gasteiger partial charge in [-0.05, 0) is 50.4 Å². The van der Waals surface area contributed by atoms with E-state index in [0.717, 1.165) is 51.0 Å². The molecule has 0 aliphatic carbocycles. The number of rotatable bonds is 6. The zero-order chi connectivity index (χ0) is 17.8. The Bertz CT molecular complexity index is 670. The molecule has 0 aromatic heterocycles. The third-order valence-electron chi connectivity index (χ3n) is 4.62. The predicted octanol–water partition coefficient (Wildman–Crippen LogP) is 2.22. The molecule has 1 unspecified atom stereocenters. The van der Waals surface area contributed by atoms with E-state index in [1.165, 1.54) is 6.26 Å². The van der Waals surface area contributed by atoms with Gasteiger partial charge in [0.1, 0.15) is 0 Å². The fourth-order valence-corrected chi connectivity index (χ4v) is 3.85. The standard InChI is InChI=1S/C18H28N2O3S/c1-4-11-19-17(21)18(2)10-5-12-20(14-18)13-15-6-8-16(9-7-15)24(3,22)23/h6-9H,4-5,10-14H2,1-3H3,(H,19,21). The van der Waals surface area contributed by atoms with Gasteiger partial charge in [-0.2, -0.15) is 0 Å². The molecule has 1 amide bonds. The van der Waals surface area contributed by atoms with Gasteiger partial charge < -0.3 is 5.32 Å². The minimum Gasteiger partial charge on any atom is -0.356 e. The van der Waals surface area contributed by atoms with E-state index in [-0.39, 0.29) is 11.3 Å². The van der Waals surface area contributed by atoms with E-state index in [0.29, 0.717) is 4.90 Å². The van der Waals surface area contributed by atoms with E-state index in [9.17, 15) is 13.2 Å². The summed E-state index contributed by atoms with van der Waals surface area (Å²) in [5, 5.41) is 3.02. The number of amides is 1. The van der Waals surface area contributed by atoms with E-state index >= 15 is 0 Å². The molecular weight excluding hydrogens is 324 g/mol. The largest absolute Gasteiger partial charge is 0.356 e. The summed E-state index contributed by atoms with van der Waals surface area (Å²) in [4.78, 5) is 15.1. The smallest absolute Gasteiger partial charge is 0.227 e. The van der Waals surface area contributed by atoms with E-state index in [1.54, 1.807) is 12.1 Å². The SMILES string of the molecule is CCCNC(=O)C1(C)CCCN(Cc2ccc(S(C)(=O)=O)cc2)C1. The second-order valence-electron chi connectivity index (χ2n) is 7.05. The molecule has 1 fully saturated rings. The van der Waals surface area contributed by atoms with Gasteiger partial charge in [0.15, 0.2) is 9.84 Å². The number of nitrogens with zero attached hydrogens (tertiary/aromatic N) is 1. The summed E-state index contributed by atoms with van der Waals surface area (Å²) in [7, 11) is -3.16. The first-order valence-electron chi connectivity index (χ1n) is 8.54. The molecule has 6 heteroatoms. The predicted molar refractivity (Wildman–Crippen MR) is 95.5 cm³/mol. The number of piperidine rings is 1. The van der Waals surface area contributed by atoms with Gasteiger partial charge in [-0.1, -0.05) is 19.1 Å². The van der Waals surface area contributed by atoms with E-state index in [4.69, 9.17) is 0 Å². The van der Waals surface area contributed by atoms with Gasteiger partial charge in [0.25, 0.3) is 0 Å². The van der Waals surface area contributed by atoms with Crippen molar-refractivity contribution in [3.8, 4) is 0 Å². The molecule has 1 saturated heterocycles. The van der Waals surface area contributed by atoms with Crippen molar-refractivity contribution in [1.29, 1.82) is 0 Å². The van der Waals surface area contributed by atoms with Crippen LogP contribution in [0.25, 0.3) is 0 Å². The second kappa shape index (κ2) is 7.66. The van der Waals surface area contributed by atoms with Crippen molar-refractivity contribution in [2.45, 2.75) is 44.6 Å². The van der Waals surface area contributed by atoms with Crippen LogP contribution in [0.15, 0.2) is 29.2 Å². The van der Waals surface area contributed by atoms with Crippen molar-refractivity contribution < 1.29 is 13.2 Å². The van der Waals surface area contributed by atoms with Gasteiger partial charge in [-0.15, -0.1) is 0 Å². The average Bonchev–Trinajstić information content (AvgIpc) is 2.52. The molecule has 24 heavy (non-hydrogen) atoms. The molecular formula is C18H28N2O3S. The summed E-state index contributed by atoms with van der Waals surface area (Å²) in [5.74, 6) is 0.140. The molecule has 1 aliphatic rings. The van der Waals surface area contributed by atoms with Gasteiger partial charge in [0, 0.05) is 25.9 Å². The third-order valence-corrected chi connectivity index (χ3v) is 5.75. The summed E-state index contributed by atoms with van der Waals surface area (Å²) < 4.78 is 23.1. The highest BCUT2D eigenvalue weighted by Gasteiger charge is 2.37. The summed E-state index contributed by atoms with van der Waals surface area (Å²) in [6.45, 7) is 7.25. The summed E-state index contributed by atoms with van der Waals surface area (Å²) in [6.07, 6.45) is 4.06. The summed E-state index contributed by atoms with van der Waals surface area (Å²) in [5.41, 5.74) is 0.723. The molecule has 5 nitrogen and oxygen atoms in total. The molecule has 1 heterocycles. The van der Waals surface area contributed by atoms with Crippen LogP contribution >= 0.6 is 0 Å². The Labute approximate surface area is 145 Å². The highest BCUT2D eigenvalue weighted by molar-refractivity contribution is 7.90. The summed E-state index contributed by atoms with van der Waals surface area (Å²) in [6, 6.07) is 7.03. The van der Waals surface area contributed by atoms with Gasteiger partial charge in [-0.25, -0.2) is 8.42 Å². The Morgan fingerprint density at radius 2 is 1.96 bits per heavy atom. The Balaban J connectivity index is 2.01. The normalized spacial score (nSPS) is 22.3. The number of nitrogens with one attached hydrogen (secondary N) is 1. The number of sulfone groups is 1. The lowest BCUT2D eigenvalue weighted by Gasteiger charge is -2.39. The van der Waals surface area contributed by atoms with Crippen LogP contribution in [0.5, 0.6) is 0 Å². The molecule has 0 saturated carbocycles. The molecule has 1 aromatic carbocycles. The maximum atomic E-state index is 12.4. The molecule has 0 radical (unpaired) electrons. The molecule has 1 aromatic rings. The van der Waals surface area contributed by atoms with E-state index in [1.807, 2.05) is 19.1 Å². The van der Waals surface area contributed by atoms with Crippen molar-refractivity contribution in [3.63, 3.8) is 0 Å². The molecule has 1 atom stereocenters. The van der Waals surface area contributed by atoms with Crippen molar-refractivity contribution in [2.24, 2.45) is 5.41 Å². The van der Waals surface area contributed by atoms with Gasteiger partial charge in [-0.3, -0.25) is 9.69 Å². The van der Waals surface area contributed by atoms with Crippen molar-refractivity contribution in [1.82, 2.24) is 10.2 Å². The van der Waals surface area contributed by atoms with Crippen LogP contribution in [0.2, 0.25) is 0 Å². The second-order valence-corrected chi connectivity index (χ2v) is 9.06. The topological polar surface area (TPSA) is 66.5 Å². The van der Waals surface area contributed by atoms with Crippen LogP contribution in [-0.4, -0.2) is 45.1 Å². The Morgan fingerprint density at radius 3 is 2.54 bits per heavy atom. The fourth-order valence-electron chi connectivity index (χ4n) is 3.22. The first-order valence-corrected chi connectivity index (χ1v) is 10.4. The van der Waals surface area contributed by atoms with E-state index in [2.05, 4.69) is 17.1 Å². The lowest BCUT2D eigenvalue weighted by atomic mass is 9.80. The number of likely N-dealkylation sites (tertiary alicyclic amines) is 1. The van der Waals surface area contributed by atoms with Crippen molar-refractivity contribution >= 4 is 15.7 Å². The number of benzene rings is 1. The van der Waals surface area contributed by atoms with Crippen LogP contribution in [0.1, 0.15) is 38.7 Å². The molecule has 0 spiro atoms. The van der Waals surface area contributed by atoms with Crippen LogP contribution < -0.4 is 5.32 Å². The first kappa shape index (κ1) is 18.9. The maximum Gasteiger partial charge on any atom is 0.227 e. The Morgan fingerprint density at radius 1 is 1.29 bits per heavy atom. The van der Waals surface area contributed by atoms with Gasteiger partial charge in [0.05, 0.1) is 10.3 Å². The van der Waals surface area contributed by atoms with Crippen molar-refractivity contribution in [2.75, 3.05) is 25.9 Å². The first-order chi connectivity index (χ1) is 11.2. The van der Waals surface area contributed by atoms with Crippen molar-refractivity contribution in [3.05, 3.63) is 29.8 Å². The lowest BCUT2D eigenvalue weighted by Crippen LogP contribution is -2.50. The lowest BCUT2D eigenvalue weighted by molar-refractivity contribution is -0.133. The molecule has 1 N–H and O–H groups in total. The average molecular weight is 353 g/mol. The quantitative estimate of drug-likeness (QED) is 0.852. The Kier molecular flexibility index (Phi) is 6.04. The monoisotopic (exact) mass is 352 g/mol. The minimum atomic E-state index is -3.16. The summed E-state index contributed by atoms with van der Waals surface area (Å²) >= 11 is 0. The van der Waals surface area contributed by atoms with E-state index < -0.39 is 9.84 Å². The van der Waals surface area contributed by atoms with Crippen LogP contribution in [-0.2, 0) is 21.2 Å². The van der Waals surface area contributed by atoms with Crippen LogP contribution in [0.3, 0.4) is 0 Å². The van der Waals surface area contributed by atoms with Crippen LogP contribution in [0, 0.1) is 5.41 Å².